The third-order valence-electron chi connectivity index (χ3n) is 5.49. The number of amides is 1. The van der Waals surface area contributed by atoms with Gasteiger partial charge in [0.2, 0.25) is 5.91 Å². The van der Waals surface area contributed by atoms with Crippen LogP contribution in [0.3, 0.4) is 0 Å². The van der Waals surface area contributed by atoms with Crippen molar-refractivity contribution in [2.24, 2.45) is 13.0 Å². The zero-order chi connectivity index (χ0) is 19.5. The number of para-hydroxylation sites is 4. The van der Waals surface area contributed by atoms with E-state index >= 15 is 0 Å². The summed E-state index contributed by atoms with van der Waals surface area (Å²) in [5.41, 5.74) is 2.88. The molecule has 146 valence electrons. The number of ether oxygens (including phenoxy) is 1. The van der Waals surface area contributed by atoms with E-state index in [9.17, 15) is 4.79 Å². The van der Waals surface area contributed by atoms with Crippen molar-refractivity contribution in [1.29, 1.82) is 0 Å². The molecule has 1 fully saturated rings. The van der Waals surface area contributed by atoms with Crippen molar-refractivity contribution < 1.29 is 9.53 Å². The Kier molecular flexibility index (Phi) is 5.30. The summed E-state index contributed by atoms with van der Waals surface area (Å²) in [5, 5.41) is 3.04. The van der Waals surface area contributed by atoms with Gasteiger partial charge < -0.3 is 14.6 Å². The van der Waals surface area contributed by atoms with Gasteiger partial charge in [0.1, 0.15) is 11.6 Å². The lowest BCUT2D eigenvalue weighted by atomic mass is 9.97. The summed E-state index contributed by atoms with van der Waals surface area (Å²) >= 11 is 0. The monoisotopic (exact) mass is 378 g/mol. The highest BCUT2D eigenvalue weighted by molar-refractivity contribution is 5.94. The van der Waals surface area contributed by atoms with E-state index in [4.69, 9.17) is 9.72 Å². The maximum atomic E-state index is 12.8. The first-order valence-corrected chi connectivity index (χ1v) is 9.72. The summed E-state index contributed by atoms with van der Waals surface area (Å²) in [7, 11) is 3.67. The second-order valence-corrected chi connectivity index (χ2v) is 7.34. The van der Waals surface area contributed by atoms with Crippen LogP contribution in [0.4, 0.5) is 5.69 Å². The van der Waals surface area contributed by atoms with Crippen molar-refractivity contribution in [2.45, 2.75) is 19.4 Å². The van der Waals surface area contributed by atoms with Gasteiger partial charge >= 0.3 is 0 Å². The number of fused-ring (bicyclic) bond motifs is 1. The van der Waals surface area contributed by atoms with E-state index < -0.39 is 0 Å². The molecule has 4 rings (SSSR count). The standard InChI is InChI=1S/C22H26N4O2/c1-25-19-11-5-3-9-17(19)23-21(25)15-26-13-7-8-16(14-26)22(27)24-18-10-4-6-12-20(18)28-2/h3-6,9-12,16H,7-8,13-15H2,1-2H3,(H,24,27)/t16-/m1/s1. The Labute approximate surface area is 165 Å². The molecule has 0 unspecified atom stereocenters. The number of benzene rings is 2. The van der Waals surface area contributed by atoms with Gasteiger partial charge in [-0.2, -0.15) is 0 Å². The van der Waals surface area contributed by atoms with E-state index in [0.29, 0.717) is 5.75 Å². The number of carbonyl (C=O) groups excluding carboxylic acids is 1. The van der Waals surface area contributed by atoms with E-state index in [0.717, 1.165) is 55.0 Å². The van der Waals surface area contributed by atoms with Crippen LogP contribution in [0.2, 0.25) is 0 Å². The van der Waals surface area contributed by atoms with Gasteiger partial charge in [0.15, 0.2) is 0 Å². The molecule has 0 spiro atoms. The van der Waals surface area contributed by atoms with Crippen LogP contribution in [0.1, 0.15) is 18.7 Å². The van der Waals surface area contributed by atoms with Crippen LogP contribution in [-0.4, -0.2) is 40.6 Å². The Morgan fingerprint density at radius 3 is 2.82 bits per heavy atom. The lowest BCUT2D eigenvalue weighted by Crippen LogP contribution is -2.40. The number of aryl methyl sites for hydroxylation is 1. The third-order valence-corrected chi connectivity index (χ3v) is 5.49. The van der Waals surface area contributed by atoms with Crippen LogP contribution < -0.4 is 10.1 Å². The number of likely N-dealkylation sites (tertiary alicyclic amines) is 1. The molecule has 1 aromatic heterocycles. The molecule has 1 saturated heterocycles. The summed E-state index contributed by atoms with van der Waals surface area (Å²) in [5.74, 6) is 1.74. The minimum Gasteiger partial charge on any atom is -0.495 e. The van der Waals surface area contributed by atoms with Crippen LogP contribution in [0.5, 0.6) is 5.75 Å². The van der Waals surface area contributed by atoms with Crippen LogP contribution in [0.25, 0.3) is 11.0 Å². The predicted octanol–water partition coefficient (Wildman–Crippen LogP) is 3.43. The zero-order valence-corrected chi connectivity index (χ0v) is 16.4. The Balaban J connectivity index is 1.43. The van der Waals surface area contributed by atoms with Gasteiger partial charge in [-0.15, -0.1) is 0 Å². The molecule has 1 amide bonds. The molecule has 1 aliphatic rings. The third kappa shape index (κ3) is 3.73. The number of anilines is 1. The molecule has 1 N–H and O–H groups in total. The van der Waals surface area contributed by atoms with Crippen molar-refractivity contribution in [1.82, 2.24) is 14.5 Å². The van der Waals surface area contributed by atoms with Crippen molar-refractivity contribution in [3.8, 4) is 5.75 Å². The number of rotatable bonds is 5. The van der Waals surface area contributed by atoms with Gasteiger partial charge in [0, 0.05) is 13.6 Å². The van der Waals surface area contributed by atoms with Gasteiger partial charge in [0.25, 0.3) is 0 Å². The second kappa shape index (κ2) is 8.02. The minimum atomic E-state index is -0.0339. The second-order valence-electron chi connectivity index (χ2n) is 7.34. The first-order chi connectivity index (χ1) is 13.7. The van der Waals surface area contributed by atoms with Crippen molar-refractivity contribution in [3.63, 3.8) is 0 Å². The normalized spacial score (nSPS) is 17.6. The molecule has 2 heterocycles. The largest absolute Gasteiger partial charge is 0.495 e. The topological polar surface area (TPSA) is 59.4 Å². The number of hydrogen-bond donors (Lipinski definition) is 1. The maximum Gasteiger partial charge on any atom is 0.228 e. The highest BCUT2D eigenvalue weighted by Gasteiger charge is 2.27. The molecule has 1 aliphatic heterocycles. The molecule has 0 saturated carbocycles. The molecule has 1 atom stereocenters. The van der Waals surface area contributed by atoms with Gasteiger partial charge in [-0.05, 0) is 43.7 Å². The number of nitrogens with one attached hydrogen (secondary N) is 1. The molecule has 28 heavy (non-hydrogen) atoms. The van der Waals surface area contributed by atoms with Gasteiger partial charge in [-0.3, -0.25) is 9.69 Å². The van der Waals surface area contributed by atoms with Crippen molar-refractivity contribution in [2.75, 3.05) is 25.5 Å². The van der Waals surface area contributed by atoms with Gasteiger partial charge in [-0.1, -0.05) is 24.3 Å². The number of nitrogens with zero attached hydrogens (tertiary/aromatic N) is 3. The summed E-state index contributed by atoms with van der Waals surface area (Å²) < 4.78 is 7.49. The van der Waals surface area contributed by atoms with Gasteiger partial charge in [-0.25, -0.2) is 4.98 Å². The smallest absolute Gasteiger partial charge is 0.228 e. The maximum absolute atomic E-state index is 12.8. The lowest BCUT2D eigenvalue weighted by Gasteiger charge is -2.31. The van der Waals surface area contributed by atoms with Crippen LogP contribution in [0.15, 0.2) is 48.5 Å². The van der Waals surface area contributed by atoms with E-state index in [-0.39, 0.29) is 11.8 Å². The Morgan fingerprint density at radius 2 is 2.00 bits per heavy atom. The molecule has 6 heteroatoms. The minimum absolute atomic E-state index is 0.0339. The number of carbonyl (C=O) groups is 1. The molecule has 0 bridgehead atoms. The van der Waals surface area contributed by atoms with Crippen molar-refractivity contribution >= 4 is 22.6 Å². The number of aromatic nitrogens is 2. The summed E-state index contributed by atoms with van der Waals surface area (Å²) in [6, 6.07) is 15.7. The fourth-order valence-electron chi connectivity index (χ4n) is 3.93. The lowest BCUT2D eigenvalue weighted by molar-refractivity contribution is -0.121. The first-order valence-electron chi connectivity index (χ1n) is 9.72. The number of imidazole rings is 1. The molecule has 0 aliphatic carbocycles. The fourth-order valence-corrected chi connectivity index (χ4v) is 3.93. The van der Waals surface area contributed by atoms with Crippen LogP contribution in [0, 0.1) is 5.92 Å². The number of hydrogen-bond acceptors (Lipinski definition) is 4. The fraction of sp³-hybridized carbons (Fsp3) is 0.364. The van der Waals surface area contributed by atoms with Crippen LogP contribution in [-0.2, 0) is 18.4 Å². The van der Waals surface area contributed by atoms with Crippen LogP contribution >= 0.6 is 0 Å². The zero-order valence-electron chi connectivity index (χ0n) is 16.4. The summed E-state index contributed by atoms with van der Waals surface area (Å²) in [6.45, 7) is 2.48. The molecule has 6 nitrogen and oxygen atoms in total. The highest BCUT2D eigenvalue weighted by Crippen LogP contribution is 2.26. The Morgan fingerprint density at radius 1 is 1.21 bits per heavy atom. The summed E-state index contributed by atoms with van der Waals surface area (Å²) in [6.07, 6.45) is 1.91. The summed E-state index contributed by atoms with van der Waals surface area (Å²) in [4.78, 5) is 19.9. The average molecular weight is 378 g/mol. The van der Waals surface area contributed by atoms with E-state index in [1.165, 1.54) is 0 Å². The number of methoxy groups -OCH3 is 1. The Hall–Kier alpha value is -2.86. The number of piperidine rings is 1. The van der Waals surface area contributed by atoms with Gasteiger partial charge in [0.05, 0.1) is 36.3 Å². The molecule has 0 radical (unpaired) electrons. The van der Waals surface area contributed by atoms with E-state index in [1.54, 1.807) is 7.11 Å². The predicted molar refractivity (Wildman–Crippen MR) is 110 cm³/mol. The quantitative estimate of drug-likeness (QED) is 0.739. The SMILES string of the molecule is COc1ccccc1NC(=O)[C@@H]1CCCN(Cc2nc3ccccc3n2C)C1. The van der Waals surface area contributed by atoms with Crippen molar-refractivity contribution in [3.05, 3.63) is 54.4 Å². The average Bonchev–Trinajstić information content (AvgIpc) is 3.04. The molecule has 3 aromatic rings. The highest BCUT2D eigenvalue weighted by atomic mass is 16.5. The molecular weight excluding hydrogens is 352 g/mol. The first kappa shape index (κ1) is 18.5. The molecular formula is C22H26N4O2. The Bertz CT molecular complexity index is 982. The van der Waals surface area contributed by atoms with E-state index in [1.807, 2.05) is 42.5 Å². The van der Waals surface area contributed by atoms with E-state index in [2.05, 4.69) is 27.9 Å². The molecule has 2 aromatic carbocycles.